The van der Waals surface area contributed by atoms with Crippen LogP contribution in [0.2, 0.25) is 0 Å². The topological polar surface area (TPSA) is 101 Å². The van der Waals surface area contributed by atoms with Crippen molar-refractivity contribution < 1.29 is 17.6 Å². The average molecular weight is 371 g/mol. The first-order chi connectivity index (χ1) is 12.4. The number of hydrogen-bond acceptors (Lipinski definition) is 5. The van der Waals surface area contributed by atoms with E-state index in [0.717, 1.165) is 5.69 Å². The van der Waals surface area contributed by atoms with E-state index in [4.69, 9.17) is 4.42 Å². The summed E-state index contributed by atoms with van der Waals surface area (Å²) in [6, 6.07) is 12.8. The minimum atomic E-state index is -3.74. The van der Waals surface area contributed by atoms with Crippen LogP contribution in [0.15, 0.2) is 70.3 Å². The third-order valence-corrected chi connectivity index (χ3v) is 4.99. The largest absolute Gasteiger partial charge is 0.468 e. The molecule has 1 aromatic carbocycles. The van der Waals surface area contributed by atoms with Crippen LogP contribution in [0.5, 0.6) is 0 Å². The Hall–Kier alpha value is -2.97. The van der Waals surface area contributed by atoms with Crippen molar-refractivity contribution in [3.63, 3.8) is 0 Å². The molecule has 0 unspecified atom stereocenters. The summed E-state index contributed by atoms with van der Waals surface area (Å²) in [6.07, 6.45) is 2.94. The number of pyridine rings is 1. The standard InChI is InChI=1S/C18H17N3O4S/c1-13-7-8-14(11-19-13)18(22)21-15-4-2-6-17(10-15)26(23,24)20-12-16-5-3-9-25-16/h2-11,20H,12H2,1H3,(H,21,22). The molecule has 8 heteroatoms. The molecule has 0 aliphatic heterocycles. The number of benzene rings is 1. The predicted octanol–water partition coefficient (Wildman–Crippen LogP) is 2.71. The number of aryl methyl sites for hydroxylation is 1. The van der Waals surface area contributed by atoms with E-state index in [0.29, 0.717) is 17.0 Å². The second-order valence-electron chi connectivity index (χ2n) is 5.57. The summed E-state index contributed by atoms with van der Waals surface area (Å²) in [5.74, 6) is 0.139. The number of rotatable bonds is 6. The smallest absolute Gasteiger partial charge is 0.257 e. The molecule has 134 valence electrons. The molecule has 0 aliphatic carbocycles. The maximum absolute atomic E-state index is 12.4. The zero-order valence-electron chi connectivity index (χ0n) is 14.0. The fourth-order valence-corrected chi connectivity index (χ4v) is 3.25. The summed E-state index contributed by atoms with van der Waals surface area (Å²) in [7, 11) is -3.74. The van der Waals surface area contributed by atoms with Gasteiger partial charge in [0, 0.05) is 17.6 Å². The molecule has 0 bridgehead atoms. The fourth-order valence-electron chi connectivity index (χ4n) is 2.21. The molecular formula is C18H17N3O4S. The molecule has 3 aromatic rings. The Morgan fingerprint density at radius 1 is 1.15 bits per heavy atom. The summed E-state index contributed by atoms with van der Waals surface area (Å²) in [5.41, 5.74) is 1.56. The van der Waals surface area contributed by atoms with Crippen molar-refractivity contribution in [1.82, 2.24) is 9.71 Å². The summed E-state index contributed by atoms with van der Waals surface area (Å²) < 4.78 is 32.4. The van der Waals surface area contributed by atoms with Gasteiger partial charge in [-0.2, -0.15) is 0 Å². The first-order valence-electron chi connectivity index (χ1n) is 7.80. The quantitative estimate of drug-likeness (QED) is 0.694. The summed E-state index contributed by atoms with van der Waals surface area (Å²) in [4.78, 5) is 16.4. The third-order valence-electron chi connectivity index (χ3n) is 3.59. The van der Waals surface area contributed by atoms with Crippen LogP contribution in [0, 0.1) is 6.92 Å². The van der Waals surface area contributed by atoms with Crippen LogP contribution in [0.25, 0.3) is 0 Å². The summed E-state index contributed by atoms with van der Waals surface area (Å²) in [6.45, 7) is 1.87. The Labute approximate surface area is 151 Å². The molecular weight excluding hydrogens is 354 g/mol. The number of hydrogen-bond donors (Lipinski definition) is 2. The van der Waals surface area contributed by atoms with Gasteiger partial charge in [-0.15, -0.1) is 0 Å². The number of amides is 1. The van der Waals surface area contributed by atoms with Gasteiger partial charge in [-0.25, -0.2) is 13.1 Å². The first-order valence-corrected chi connectivity index (χ1v) is 9.28. The maximum atomic E-state index is 12.4. The Morgan fingerprint density at radius 2 is 2.00 bits per heavy atom. The van der Waals surface area contributed by atoms with Crippen LogP contribution in [-0.4, -0.2) is 19.3 Å². The van der Waals surface area contributed by atoms with E-state index in [2.05, 4.69) is 15.0 Å². The zero-order valence-corrected chi connectivity index (χ0v) is 14.8. The Morgan fingerprint density at radius 3 is 2.69 bits per heavy atom. The van der Waals surface area contributed by atoms with E-state index >= 15 is 0 Å². The van der Waals surface area contributed by atoms with Crippen LogP contribution in [0.4, 0.5) is 5.69 Å². The fraction of sp³-hybridized carbons (Fsp3) is 0.111. The number of aromatic nitrogens is 1. The number of carbonyl (C=O) groups is 1. The highest BCUT2D eigenvalue weighted by molar-refractivity contribution is 7.89. The van der Waals surface area contributed by atoms with Gasteiger partial charge in [0.1, 0.15) is 5.76 Å². The van der Waals surface area contributed by atoms with Gasteiger partial charge in [0.05, 0.1) is 23.3 Å². The van der Waals surface area contributed by atoms with Gasteiger partial charge in [-0.05, 0) is 49.4 Å². The molecule has 2 N–H and O–H groups in total. The number of sulfonamides is 1. The van der Waals surface area contributed by atoms with Gasteiger partial charge in [0.2, 0.25) is 10.0 Å². The highest BCUT2D eigenvalue weighted by Crippen LogP contribution is 2.17. The normalized spacial score (nSPS) is 11.3. The molecule has 2 aromatic heterocycles. The second-order valence-corrected chi connectivity index (χ2v) is 7.34. The van der Waals surface area contributed by atoms with E-state index < -0.39 is 10.0 Å². The Kier molecular flexibility index (Phi) is 5.15. The molecule has 0 aliphatic rings. The molecule has 0 saturated carbocycles. The molecule has 26 heavy (non-hydrogen) atoms. The first kappa shape index (κ1) is 17.8. The lowest BCUT2D eigenvalue weighted by atomic mass is 10.2. The van der Waals surface area contributed by atoms with E-state index in [-0.39, 0.29) is 17.3 Å². The van der Waals surface area contributed by atoms with Crippen molar-refractivity contribution in [3.05, 3.63) is 78.0 Å². The van der Waals surface area contributed by atoms with Crippen LogP contribution in [0.1, 0.15) is 21.8 Å². The van der Waals surface area contributed by atoms with E-state index in [1.807, 2.05) is 6.92 Å². The zero-order chi connectivity index (χ0) is 18.6. The Bertz CT molecular complexity index is 997. The Balaban J connectivity index is 1.72. The highest BCUT2D eigenvalue weighted by atomic mass is 32.2. The van der Waals surface area contributed by atoms with E-state index in [1.54, 1.807) is 36.4 Å². The SMILES string of the molecule is Cc1ccc(C(=O)Nc2cccc(S(=O)(=O)NCc3ccco3)c2)cn1. The van der Waals surface area contributed by atoms with Crippen molar-refractivity contribution in [3.8, 4) is 0 Å². The van der Waals surface area contributed by atoms with Crippen molar-refractivity contribution in [2.75, 3.05) is 5.32 Å². The summed E-state index contributed by atoms with van der Waals surface area (Å²) in [5, 5.41) is 2.67. The maximum Gasteiger partial charge on any atom is 0.257 e. The van der Waals surface area contributed by atoms with Crippen molar-refractivity contribution in [2.24, 2.45) is 0 Å². The molecule has 3 rings (SSSR count). The van der Waals surface area contributed by atoms with Crippen molar-refractivity contribution in [1.29, 1.82) is 0 Å². The second kappa shape index (κ2) is 7.51. The predicted molar refractivity (Wildman–Crippen MR) is 96.1 cm³/mol. The minimum Gasteiger partial charge on any atom is -0.468 e. The number of nitrogens with zero attached hydrogens (tertiary/aromatic N) is 1. The molecule has 1 amide bonds. The molecule has 0 fully saturated rings. The number of carbonyl (C=O) groups excluding carboxylic acids is 1. The molecule has 0 radical (unpaired) electrons. The summed E-state index contributed by atoms with van der Waals surface area (Å²) >= 11 is 0. The minimum absolute atomic E-state index is 0.0426. The van der Waals surface area contributed by atoms with E-state index in [9.17, 15) is 13.2 Å². The van der Waals surface area contributed by atoms with Gasteiger partial charge >= 0.3 is 0 Å². The van der Waals surface area contributed by atoms with Crippen LogP contribution in [-0.2, 0) is 16.6 Å². The molecule has 2 heterocycles. The van der Waals surface area contributed by atoms with Crippen LogP contribution in [0.3, 0.4) is 0 Å². The molecule has 0 spiro atoms. The lowest BCUT2D eigenvalue weighted by Gasteiger charge is -2.09. The average Bonchev–Trinajstić information content (AvgIpc) is 3.14. The van der Waals surface area contributed by atoms with Gasteiger partial charge in [-0.3, -0.25) is 9.78 Å². The highest BCUT2D eigenvalue weighted by Gasteiger charge is 2.15. The third kappa shape index (κ3) is 4.35. The monoisotopic (exact) mass is 371 g/mol. The number of anilines is 1. The van der Waals surface area contributed by atoms with Gasteiger partial charge in [-0.1, -0.05) is 6.07 Å². The van der Waals surface area contributed by atoms with Gasteiger partial charge in [0.25, 0.3) is 5.91 Å². The van der Waals surface area contributed by atoms with E-state index in [1.165, 1.54) is 24.6 Å². The lowest BCUT2D eigenvalue weighted by Crippen LogP contribution is -2.23. The molecule has 0 saturated heterocycles. The van der Waals surface area contributed by atoms with Crippen LogP contribution >= 0.6 is 0 Å². The van der Waals surface area contributed by atoms with Crippen molar-refractivity contribution >= 4 is 21.6 Å². The van der Waals surface area contributed by atoms with Gasteiger partial charge < -0.3 is 9.73 Å². The van der Waals surface area contributed by atoms with Crippen LogP contribution < -0.4 is 10.0 Å². The lowest BCUT2D eigenvalue weighted by molar-refractivity contribution is 0.102. The molecule has 0 atom stereocenters. The van der Waals surface area contributed by atoms with Crippen molar-refractivity contribution in [2.45, 2.75) is 18.4 Å². The molecule has 7 nitrogen and oxygen atoms in total. The number of furan rings is 1. The van der Waals surface area contributed by atoms with Gasteiger partial charge in [0.15, 0.2) is 0 Å². The number of nitrogens with one attached hydrogen (secondary N) is 2.